The standard InChI is InChI=1S/C64H117NO8/c1-6-8-10-12-14-16-18-20-22-24-26-28-29-30-31-32-33-35-36-38-40-42-44-46-48-50-52-54-61(66)71-58-60(59-72-64(63(68)69)70-57-56-65(3,4)5)73-62(67)55-53-51-49-47-45-43-41-39-37-34-27-25-23-21-19-17-15-13-11-9-7-2/h9,11,15,17,21,23,27,34,60,64H,6-8,10,12-14,16,18-20,22,24-26,28-33,35-59H2,1-5H3/p+1/b11-9-,17-15-,23-21-,34-27-. The van der Waals surface area contributed by atoms with E-state index in [2.05, 4.69) is 62.5 Å². The van der Waals surface area contributed by atoms with Gasteiger partial charge in [0.25, 0.3) is 6.29 Å². The number of carbonyl (C=O) groups is 3. The molecular formula is C64H118NO8+. The number of hydrogen-bond acceptors (Lipinski definition) is 7. The Morgan fingerprint density at radius 2 is 0.781 bits per heavy atom. The van der Waals surface area contributed by atoms with E-state index in [0.717, 1.165) is 70.6 Å². The number of ether oxygens (including phenoxy) is 4. The molecule has 1 N–H and O–H groups in total. The number of likely N-dealkylation sites (N-methyl/N-ethyl adjacent to an activating group) is 1. The highest BCUT2D eigenvalue weighted by Gasteiger charge is 2.25. The Morgan fingerprint density at radius 1 is 0.425 bits per heavy atom. The quantitative estimate of drug-likeness (QED) is 0.0211. The minimum absolute atomic E-state index is 0.183. The second kappa shape index (κ2) is 55.5. The summed E-state index contributed by atoms with van der Waals surface area (Å²) in [6.45, 7) is 4.80. The molecule has 0 aliphatic rings. The number of unbranched alkanes of at least 4 members (excludes halogenated alkanes) is 34. The van der Waals surface area contributed by atoms with Crippen LogP contribution in [0.3, 0.4) is 0 Å². The van der Waals surface area contributed by atoms with Gasteiger partial charge in [-0.2, -0.15) is 0 Å². The lowest BCUT2D eigenvalue weighted by Crippen LogP contribution is -2.40. The summed E-state index contributed by atoms with van der Waals surface area (Å²) in [4.78, 5) is 37.5. The van der Waals surface area contributed by atoms with Crippen LogP contribution >= 0.6 is 0 Å². The Balaban J connectivity index is 4.16. The maximum atomic E-state index is 12.9. The van der Waals surface area contributed by atoms with Crippen LogP contribution in [0.5, 0.6) is 0 Å². The van der Waals surface area contributed by atoms with Crippen LogP contribution in [-0.4, -0.2) is 87.4 Å². The third-order valence-corrected chi connectivity index (χ3v) is 13.6. The van der Waals surface area contributed by atoms with Crippen molar-refractivity contribution in [2.45, 2.75) is 296 Å². The summed E-state index contributed by atoms with van der Waals surface area (Å²) in [6.07, 6.45) is 66.3. The predicted octanol–water partition coefficient (Wildman–Crippen LogP) is 18.2. The first kappa shape index (κ1) is 70.2. The molecule has 0 rings (SSSR count). The summed E-state index contributed by atoms with van der Waals surface area (Å²) in [5, 5.41) is 9.71. The van der Waals surface area contributed by atoms with Crippen LogP contribution in [0.15, 0.2) is 48.6 Å². The lowest BCUT2D eigenvalue weighted by atomic mass is 10.0. The van der Waals surface area contributed by atoms with Crippen molar-refractivity contribution in [3.05, 3.63) is 48.6 Å². The minimum Gasteiger partial charge on any atom is -0.477 e. The minimum atomic E-state index is -1.51. The van der Waals surface area contributed by atoms with Gasteiger partial charge in [-0.05, 0) is 51.4 Å². The molecule has 0 aromatic carbocycles. The molecular weight excluding hydrogens is 911 g/mol. The summed E-state index contributed by atoms with van der Waals surface area (Å²) >= 11 is 0. The molecule has 2 atom stereocenters. The van der Waals surface area contributed by atoms with Crippen LogP contribution in [0.25, 0.3) is 0 Å². The number of carboxylic acid groups (broad SMARTS) is 1. The van der Waals surface area contributed by atoms with Crippen LogP contribution in [0.1, 0.15) is 284 Å². The molecule has 0 spiro atoms. The van der Waals surface area contributed by atoms with Gasteiger partial charge in [-0.3, -0.25) is 9.59 Å². The zero-order valence-electron chi connectivity index (χ0n) is 48.6. The smallest absolute Gasteiger partial charge is 0.361 e. The number of nitrogens with zero attached hydrogens (tertiary/aromatic N) is 1. The number of rotatable bonds is 57. The van der Waals surface area contributed by atoms with Gasteiger partial charge in [0.15, 0.2) is 6.10 Å². The number of aliphatic carboxylic acids is 1. The van der Waals surface area contributed by atoms with Crippen molar-refractivity contribution >= 4 is 17.9 Å². The zero-order chi connectivity index (χ0) is 53.4. The molecule has 0 aromatic heterocycles. The maximum absolute atomic E-state index is 12.9. The van der Waals surface area contributed by atoms with Crippen molar-refractivity contribution in [2.24, 2.45) is 0 Å². The molecule has 2 unspecified atom stereocenters. The predicted molar refractivity (Wildman–Crippen MR) is 309 cm³/mol. The molecule has 0 aromatic rings. The van der Waals surface area contributed by atoms with Gasteiger partial charge in [-0.25, -0.2) is 4.79 Å². The molecule has 0 aliphatic carbocycles. The molecule has 0 bridgehead atoms. The SMILES string of the molecule is CC/C=C\C/C=C\C/C=C\C/C=C\CCCCCCCCCCC(=O)OC(COC(=O)CCCCCCCCCCCCCCCCCCCCCCCCCCCCC)COC(OCC[N+](C)(C)C)C(=O)O. The third kappa shape index (κ3) is 56.8. The van der Waals surface area contributed by atoms with Gasteiger partial charge in [0, 0.05) is 12.8 Å². The van der Waals surface area contributed by atoms with Gasteiger partial charge in [0.05, 0.1) is 34.4 Å². The monoisotopic (exact) mass is 1030 g/mol. The first-order chi connectivity index (χ1) is 35.6. The number of hydrogen-bond donors (Lipinski definition) is 1. The van der Waals surface area contributed by atoms with Gasteiger partial charge in [-0.1, -0.05) is 268 Å². The molecule has 426 valence electrons. The highest BCUT2D eigenvalue weighted by atomic mass is 16.7. The van der Waals surface area contributed by atoms with Gasteiger partial charge in [-0.15, -0.1) is 0 Å². The van der Waals surface area contributed by atoms with E-state index in [1.807, 2.05) is 21.1 Å². The Morgan fingerprint density at radius 3 is 1.16 bits per heavy atom. The van der Waals surface area contributed by atoms with Crippen molar-refractivity contribution in [3.63, 3.8) is 0 Å². The molecule has 73 heavy (non-hydrogen) atoms. The van der Waals surface area contributed by atoms with Gasteiger partial charge in [0.2, 0.25) is 0 Å². The summed E-state index contributed by atoms with van der Waals surface area (Å²) in [5.74, 6) is -2.00. The first-order valence-electron chi connectivity index (χ1n) is 30.8. The lowest BCUT2D eigenvalue weighted by Gasteiger charge is -2.25. The van der Waals surface area contributed by atoms with Gasteiger partial charge in [0.1, 0.15) is 13.2 Å². The van der Waals surface area contributed by atoms with Crippen molar-refractivity contribution < 1.29 is 42.9 Å². The van der Waals surface area contributed by atoms with E-state index >= 15 is 0 Å². The number of quaternary nitrogens is 1. The largest absolute Gasteiger partial charge is 0.477 e. The normalized spacial score (nSPS) is 13.1. The summed E-state index contributed by atoms with van der Waals surface area (Å²) in [6, 6.07) is 0. The molecule has 0 saturated carbocycles. The Hall–Kier alpha value is -2.75. The van der Waals surface area contributed by atoms with E-state index in [-0.39, 0.29) is 32.2 Å². The molecule has 0 heterocycles. The van der Waals surface area contributed by atoms with Crippen LogP contribution in [0, 0.1) is 0 Å². The molecule has 0 aliphatic heterocycles. The van der Waals surface area contributed by atoms with Crippen LogP contribution in [0.2, 0.25) is 0 Å². The average Bonchev–Trinajstić information content (AvgIpc) is 3.36. The fourth-order valence-electron chi connectivity index (χ4n) is 8.89. The zero-order valence-corrected chi connectivity index (χ0v) is 48.6. The lowest BCUT2D eigenvalue weighted by molar-refractivity contribution is -0.870. The third-order valence-electron chi connectivity index (χ3n) is 13.6. The second-order valence-electron chi connectivity index (χ2n) is 22.0. The molecule has 9 nitrogen and oxygen atoms in total. The van der Waals surface area contributed by atoms with Crippen LogP contribution in [-0.2, 0) is 33.3 Å². The van der Waals surface area contributed by atoms with Gasteiger partial charge < -0.3 is 28.5 Å². The number of carboxylic acids is 1. The van der Waals surface area contributed by atoms with E-state index in [9.17, 15) is 19.5 Å². The fourth-order valence-corrected chi connectivity index (χ4v) is 8.89. The van der Waals surface area contributed by atoms with E-state index in [0.29, 0.717) is 23.9 Å². The molecule has 9 heteroatoms. The molecule has 0 saturated heterocycles. The number of allylic oxidation sites excluding steroid dienone is 8. The summed E-state index contributed by atoms with van der Waals surface area (Å²) < 4.78 is 22.9. The van der Waals surface area contributed by atoms with Crippen molar-refractivity contribution in [2.75, 3.05) is 47.5 Å². The maximum Gasteiger partial charge on any atom is 0.361 e. The topological polar surface area (TPSA) is 108 Å². The van der Waals surface area contributed by atoms with Crippen LogP contribution in [0.4, 0.5) is 0 Å². The average molecular weight is 1030 g/mol. The van der Waals surface area contributed by atoms with Crippen LogP contribution < -0.4 is 0 Å². The highest BCUT2D eigenvalue weighted by molar-refractivity contribution is 5.71. The number of carbonyl (C=O) groups excluding carboxylic acids is 2. The van der Waals surface area contributed by atoms with E-state index in [1.165, 1.54) is 180 Å². The first-order valence-corrected chi connectivity index (χ1v) is 30.8. The van der Waals surface area contributed by atoms with E-state index in [1.54, 1.807) is 0 Å². The second-order valence-corrected chi connectivity index (χ2v) is 22.0. The fraction of sp³-hybridized carbons (Fsp3) is 0.828. The molecule has 0 amide bonds. The van der Waals surface area contributed by atoms with E-state index < -0.39 is 24.3 Å². The Bertz CT molecular complexity index is 1340. The summed E-state index contributed by atoms with van der Waals surface area (Å²) in [7, 11) is 5.97. The van der Waals surface area contributed by atoms with Gasteiger partial charge >= 0.3 is 17.9 Å². The van der Waals surface area contributed by atoms with Crippen molar-refractivity contribution in [1.82, 2.24) is 0 Å². The molecule has 0 fully saturated rings. The Kier molecular flexibility index (Phi) is 53.4. The van der Waals surface area contributed by atoms with E-state index in [4.69, 9.17) is 18.9 Å². The number of esters is 2. The van der Waals surface area contributed by atoms with Crippen molar-refractivity contribution in [1.29, 1.82) is 0 Å². The van der Waals surface area contributed by atoms with Crippen molar-refractivity contribution in [3.8, 4) is 0 Å². The molecule has 0 radical (unpaired) electrons. The summed E-state index contributed by atoms with van der Waals surface area (Å²) in [5.41, 5.74) is 0. The highest BCUT2D eigenvalue weighted by Crippen LogP contribution is 2.18. The Labute approximate surface area is 451 Å².